The van der Waals surface area contributed by atoms with E-state index in [1.165, 1.54) is 6.20 Å². The summed E-state index contributed by atoms with van der Waals surface area (Å²) in [6, 6.07) is 5.56. The lowest BCUT2D eigenvalue weighted by Crippen LogP contribution is -2.25. The smallest absolute Gasteiger partial charge is 0.252 e. The zero-order valence-corrected chi connectivity index (χ0v) is 11.5. The Balaban J connectivity index is 1.91. The molecule has 0 radical (unpaired) electrons. The van der Waals surface area contributed by atoms with Gasteiger partial charge < -0.3 is 11.1 Å². The van der Waals surface area contributed by atoms with E-state index in [0.29, 0.717) is 17.7 Å². The minimum atomic E-state index is -0.164. The summed E-state index contributed by atoms with van der Waals surface area (Å²) >= 11 is 0. The first kappa shape index (κ1) is 14.7. The van der Waals surface area contributed by atoms with Gasteiger partial charge in [0.15, 0.2) is 0 Å². The van der Waals surface area contributed by atoms with Crippen LogP contribution < -0.4 is 11.1 Å². The van der Waals surface area contributed by atoms with E-state index in [1.54, 1.807) is 24.7 Å². The molecule has 0 spiro atoms. The lowest BCUT2D eigenvalue weighted by molar-refractivity contribution is 0.0953. The van der Waals surface area contributed by atoms with Crippen molar-refractivity contribution in [2.24, 2.45) is 5.73 Å². The monoisotopic (exact) mass is 280 g/mol. The highest BCUT2D eigenvalue weighted by Gasteiger charge is 2.05. The number of rotatable bonds is 4. The molecule has 0 atom stereocenters. The molecule has 3 N–H and O–H groups in total. The van der Waals surface area contributed by atoms with Crippen molar-refractivity contribution in [2.75, 3.05) is 13.1 Å². The molecular formula is C16H16N4O. The minimum absolute atomic E-state index is 0.164. The number of aromatic nitrogens is 2. The van der Waals surface area contributed by atoms with Crippen LogP contribution in [-0.4, -0.2) is 29.0 Å². The van der Waals surface area contributed by atoms with E-state index in [1.807, 2.05) is 12.1 Å². The number of hydrogen-bond acceptors (Lipinski definition) is 4. The average Bonchev–Trinajstić information content (AvgIpc) is 2.54. The molecule has 0 bridgehead atoms. The van der Waals surface area contributed by atoms with Crippen LogP contribution in [0.15, 0.2) is 43.0 Å². The summed E-state index contributed by atoms with van der Waals surface area (Å²) in [5.74, 6) is 5.43. The number of nitrogens with two attached hydrogens (primary N) is 1. The fourth-order valence-corrected chi connectivity index (χ4v) is 1.75. The predicted molar refractivity (Wildman–Crippen MR) is 80.4 cm³/mol. The van der Waals surface area contributed by atoms with Gasteiger partial charge in [-0.05, 0) is 24.1 Å². The number of carbonyl (C=O) groups is 1. The predicted octanol–water partition coefficient (Wildman–Crippen LogP) is 0.759. The lowest BCUT2D eigenvalue weighted by atomic mass is 10.2. The van der Waals surface area contributed by atoms with Crippen LogP contribution in [0, 0.1) is 11.8 Å². The molecular weight excluding hydrogens is 264 g/mol. The second kappa shape index (κ2) is 7.78. The molecule has 5 heteroatoms. The maximum absolute atomic E-state index is 12.0. The van der Waals surface area contributed by atoms with Crippen molar-refractivity contribution >= 4 is 5.91 Å². The molecule has 2 aromatic rings. The van der Waals surface area contributed by atoms with Gasteiger partial charge in [-0.2, -0.15) is 0 Å². The van der Waals surface area contributed by atoms with Gasteiger partial charge in [0.2, 0.25) is 0 Å². The second-order valence-electron chi connectivity index (χ2n) is 4.34. The maximum atomic E-state index is 12.0. The Bertz CT molecular complexity index is 659. The molecule has 0 aliphatic carbocycles. The number of nitrogens with zero attached hydrogens (tertiary/aromatic N) is 2. The van der Waals surface area contributed by atoms with Crippen LogP contribution in [0.3, 0.4) is 0 Å². The molecule has 0 saturated carbocycles. The maximum Gasteiger partial charge on any atom is 0.252 e. The molecule has 0 aromatic carbocycles. The summed E-state index contributed by atoms with van der Waals surface area (Å²) in [7, 11) is 0. The van der Waals surface area contributed by atoms with Gasteiger partial charge in [-0.3, -0.25) is 14.8 Å². The molecule has 0 aliphatic rings. The zero-order valence-electron chi connectivity index (χ0n) is 11.5. The Labute approximate surface area is 123 Å². The molecule has 21 heavy (non-hydrogen) atoms. The largest absolute Gasteiger partial charge is 0.352 e. The molecule has 0 saturated heterocycles. The number of pyridine rings is 2. The average molecular weight is 280 g/mol. The zero-order chi connectivity index (χ0) is 14.9. The third kappa shape index (κ3) is 4.71. The Morgan fingerprint density at radius 1 is 1.29 bits per heavy atom. The highest BCUT2D eigenvalue weighted by Crippen LogP contribution is 2.02. The van der Waals surface area contributed by atoms with Gasteiger partial charge in [-0.15, -0.1) is 0 Å². The van der Waals surface area contributed by atoms with Gasteiger partial charge in [0.05, 0.1) is 12.1 Å². The van der Waals surface area contributed by atoms with E-state index >= 15 is 0 Å². The normalized spacial score (nSPS) is 9.57. The van der Waals surface area contributed by atoms with Gasteiger partial charge in [0.25, 0.3) is 5.91 Å². The fraction of sp³-hybridized carbons (Fsp3) is 0.188. The lowest BCUT2D eigenvalue weighted by Gasteiger charge is -2.05. The number of amides is 1. The first-order valence-corrected chi connectivity index (χ1v) is 6.60. The first-order chi connectivity index (χ1) is 10.3. The van der Waals surface area contributed by atoms with Crippen LogP contribution in [0.5, 0.6) is 0 Å². The third-order valence-corrected chi connectivity index (χ3v) is 2.76. The Morgan fingerprint density at radius 2 is 2.19 bits per heavy atom. The van der Waals surface area contributed by atoms with Crippen molar-refractivity contribution in [3.63, 3.8) is 0 Å². The minimum Gasteiger partial charge on any atom is -0.352 e. The Hall–Kier alpha value is -2.71. The molecule has 0 aliphatic heterocycles. The summed E-state index contributed by atoms with van der Waals surface area (Å²) in [5.41, 5.74) is 7.57. The summed E-state index contributed by atoms with van der Waals surface area (Å²) in [6.07, 6.45) is 7.38. The molecule has 0 fully saturated rings. The SMILES string of the molecule is NCC#Cc1cncc(C(=O)NCCc2cccnc2)c1. The van der Waals surface area contributed by atoms with E-state index < -0.39 is 0 Å². The number of hydrogen-bond donors (Lipinski definition) is 2. The number of nitrogens with one attached hydrogen (secondary N) is 1. The van der Waals surface area contributed by atoms with E-state index in [4.69, 9.17) is 5.73 Å². The molecule has 1 amide bonds. The van der Waals surface area contributed by atoms with Crippen LogP contribution >= 0.6 is 0 Å². The second-order valence-corrected chi connectivity index (χ2v) is 4.34. The molecule has 2 aromatic heterocycles. The van der Waals surface area contributed by atoms with Crippen LogP contribution in [0.25, 0.3) is 0 Å². The topological polar surface area (TPSA) is 80.9 Å². The fourth-order valence-electron chi connectivity index (χ4n) is 1.75. The van der Waals surface area contributed by atoms with Crippen molar-refractivity contribution in [1.29, 1.82) is 0 Å². The third-order valence-electron chi connectivity index (χ3n) is 2.76. The van der Waals surface area contributed by atoms with Gasteiger partial charge in [0, 0.05) is 36.9 Å². The van der Waals surface area contributed by atoms with Crippen LogP contribution in [0.1, 0.15) is 21.5 Å². The quantitative estimate of drug-likeness (QED) is 0.810. The molecule has 2 rings (SSSR count). The van der Waals surface area contributed by atoms with Gasteiger partial charge in [-0.25, -0.2) is 0 Å². The summed E-state index contributed by atoms with van der Waals surface area (Å²) < 4.78 is 0. The van der Waals surface area contributed by atoms with Crippen LogP contribution in [0.2, 0.25) is 0 Å². The number of carbonyl (C=O) groups excluding carboxylic acids is 1. The van der Waals surface area contributed by atoms with Gasteiger partial charge in [0.1, 0.15) is 0 Å². The highest BCUT2D eigenvalue weighted by molar-refractivity contribution is 5.94. The van der Waals surface area contributed by atoms with Gasteiger partial charge >= 0.3 is 0 Å². The van der Waals surface area contributed by atoms with Crippen LogP contribution in [-0.2, 0) is 6.42 Å². The van der Waals surface area contributed by atoms with E-state index in [0.717, 1.165) is 12.0 Å². The molecule has 5 nitrogen and oxygen atoms in total. The van der Waals surface area contributed by atoms with Crippen molar-refractivity contribution < 1.29 is 4.79 Å². The molecule has 106 valence electrons. The highest BCUT2D eigenvalue weighted by atomic mass is 16.1. The Kier molecular flexibility index (Phi) is 5.44. The van der Waals surface area contributed by atoms with Crippen molar-refractivity contribution in [2.45, 2.75) is 6.42 Å². The summed E-state index contributed by atoms with van der Waals surface area (Å²) in [4.78, 5) is 20.1. The van der Waals surface area contributed by atoms with Gasteiger partial charge in [-0.1, -0.05) is 17.9 Å². The van der Waals surface area contributed by atoms with Crippen molar-refractivity contribution in [1.82, 2.24) is 15.3 Å². The van der Waals surface area contributed by atoms with Crippen molar-refractivity contribution in [3.05, 3.63) is 59.7 Å². The molecule has 0 unspecified atom stereocenters. The van der Waals surface area contributed by atoms with Crippen LogP contribution in [0.4, 0.5) is 0 Å². The Morgan fingerprint density at radius 3 is 2.95 bits per heavy atom. The van der Waals surface area contributed by atoms with Crippen molar-refractivity contribution in [3.8, 4) is 11.8 Å². The van der Waals surface area contributed by atoms with E-state index in [2.05, 4.69) is 27.1 Å². The van der Waals surface area contributed by atoms with E-state index in [9.17, 15) is 4.79 Å². The first-order valence-electron chi connectivity index (χ1n) is 6.60. The summed E-state index contributed by atoms with van der Waals surface area (Å²) in [5, 5.41) is 2.85. The van der Waals surface area contributed by atoms with E-state index in [-0.39, 0.29) is 12.5 Å². The molecule has 2 heterocycles. The standard InChI is InChI=1S/C16H16N4O/c17-6-1-3-14-9-15(12-19-11-14)16(21)20-8-5-13-4-2-7-18-10-13/h2,4,7,9-12H,5-6,8,17H2,(H,20,21). The summed E-state index contributed by atoms with van der Waals surface area (Å²) in [6.45, 7) is 0.824.